The van der Waals surface area contributed by atoms with Crippen molar-refractivity contribution in [1.29, 1.82) is 0 Å². The molecule has 0 heterocycles. The van der Waals surface area contributed by atoms with Crippen molar-refractivity contribution in [2.24, 2.45) is 5.92 Å². The Morgan fingerprint density at radius 1 is 1.29 bits per heavy atom. The third kappa shape index (κ3) is 11.1. The molecule has 14 heavy (non-hydrogen) atoms. The minimum absolute atomic E-state index is 0. The molecule has 0 amide bonds. The summed E-state index contributed by atoms with van der Waals surface area (Å²) in [4.78, 5) is 0. The van der Waals surface area contributed by atoms with Gasteiger partial charge in [0.05, 0.1) is 13.2 Å². The summed E-state index contributed by atoms with van der Waals surface area (Å²) in [6, 6.07) is 0. The zero-order valence-corrected chi connectivity index (χ0v) is 12.4. The van der Waals surface area contributed by atoms with Crippen molar-refractivity contribution in [2.75, 3.05) is 26.9 Å². The van der Waals surface area contributed by atoms with E-state index < -0.39 is 0 Å². The van der Waals surface area contributed by atoms with Gasteiger partial charge in [0.25, 0.3) is 0 Å². The number of methoxy groups -OCH3 is 1. The van der Waals surface area contributed by atoms with Crippen LogP contribution in [0.1, 0.15) is 26.7 Å². The Balaban J connectivity index is 0. The molecule has 0 aliphatic rings. The first-order valence-corrected chi connectivity index (χ1v) is 4.92. The second kappa shape index (κ2) is 12.1. The molecular weight excluding hydrogens is 257 g/mol. The van der Waals surface area contributed by atoms with Crippen molar-refractivity contribution in [1.82, 2.24) is 0 Å². The van der Waals surface area contributed by atoms with Gasteiger partial charge in [-0.15, -0.1) is 0 Å². The van der Waals surface area contributed by atoms with Gasteiger partial charge in [-0.1, -0.05) is 13.8 Å². The summed E-state index contributed by atoms with van der Waals surface area (Å²) >= 11 is 0. The van der Waals surface area contributed by atoms with Crippen molar-refractivity contribution in [3.63, 3.8) is 0 Å². The van der Waals surface area contributed by atoms with Crippen LogP contribution in [-0.2, 0) is 42.2 Å². The summed E-state index contributed by atoms with van der Waals surface area (Å²) in [6.07, 6.45) is 2.11. The van der Waals surface area contributed by atoms with E-state index in [1.54, 1.807) is 7.11 Å². The molecule has 1 radical (unpaired) electrons. The molecule has 0 saturated heterocycles. The van der Waals surface area contributed by atoms with Gasteiger partial charge >= 0.3 is 0 Å². The maximum absolute atomic E-state index is 8.77. The fourth-order valence-electron chi connectivity index (χ4n) is 1.00. The van der Waals surface area contributed by atoms with Gasteiger partial charge in [-0.2, -0.15) is 0 Å². The molecule has 4 heteroatoms. The number of aliphatic hydroxyl groups excluding tert-OH is 1. The summed E-state index contributed by atoms with van der Waals surface area (Å²) < 4.78 is 10.3. The van der Waals surface area contributed by atoms with Crippen molar-refractivity contribution < 1.29 is 47.3 Å². The van der Waals surface area contributed by atoms with Gasteiger partial charge in [0.2, 0.25) is 0 Å². The fraction of sp³-hybridized carbons (Fsp3) is 1.00. The molecule has 0 aliphatic carbocycles. The molecular formula is C10H22O3Y. The molecule has 0 aliphatic heterocycles. The van der Waals surface area contributed by atoms with Crippen molar-refractivity contribution >= 4 is 0 Å². The SMILES string of the molecule is COC(CO)COCCCC(C)C.[Y]. The topological polar surface area (TPSA) is 38.7 Å². The second-order valence-corrected chi connectivity index (χ2v) is 3.65. The van der Waals surface area contributed by atoms with Crippen LogP contribution >= 0.6 is 0 Å². The third-order valence-electron chi connectivity index (χ3n) is 1.91. The van der Waals surface area contributed by atoms with Crippen LogP contribution in [0.5, 0.6) is 0 Å². The minimum atomic E-state index is -0.168. The molecule has 3 nitrogen and oxygen atoms in total. The van der Waals surface area contributed by atoms with Crippen LogP contribution in [0.15, 0.2) is 0 Å². The quantitative estimate of drug-likeness (QED) is 0.683. The van der Waals surface area contributed by atoms with E-state index in [1.165, 1.54) is 6.42 Å². The van der Waals surface area contributed by atoms with E-state index in [9.17, 15) is 0 Å². The molecule has 1 N–H and O–H groups in total. The molecule has 1 atom stereocenters. The molecule has 0 rings (SSSR count). The van der Waals surface area contributed by atoms with E-state index in [1.807, 2.05) is 0 Å². The molecule has 83 valence electrons. The molecule has 0 fully saturated rings. The average molecular weight is 279 g/mol. The van der Waals surface area contributed by atoms with E-state index in [2.05, 4.69) is 13.8 Å². The number of hydrogen-bond acceptors (Lipinski definition) is 3. The Morgan fingerprint density at radius 2 is 1.93 bits per heavy atom. The molecule has 1 unspecified atom stereocenters. The summed E-state index contributed by atoms with van der Waals surface area (Å²) in [7, 11) is 1.58. The van der Waals surface area contributed by atoms with Crippen LogP contribution < -0.4 is 0 Å². The van der Waals surface area contributed by atoms with Crippen molar-refractivity contribution in [2.45, 2.75) is 32.8 Å². The van der Waals surface area contributed by atoms with E-state index in [0.717, 1.165) is 18.9 Å². The summed E-state index contributed by atoms with van der Waals surface area (Å²) in [5.74, 6) is 0.736. The first kappa shape index (κ1) is 17.4. The average Bonchev–Trinajstić information content (AvgIpc) is 2.11. The Bertz CT molecular complexity index is 106. The molecule has 0 saturated carbocycles. The van der Waals surface area contributed by atoms with Crippen LogP contribution in [0.2, 0.25) is 0 Å². The zero-order valence-electron chi connectivity index (χ0n) is 9.53. The fourth-order valence-corrected chi connectivity index (χ4v) is 1.00. The van der Waals surface area contributed by atoms with E-state index in [0.29, 0.717) is 6.61 Å². The Labute approximate surface area is 112 Å². The van der Waals surface area contributed by atoms with Crippen molar-refractivity contribution in [3.8, 4) is 0 Å². The van der Waals surface area contributed by atoms with Gasteiger partial charge in [-0.25, -0.2) is 0 Å². The first-order valence-electron chi connectivity index (χ1n) is 4.92. The van der Waals surface area contributed by atoms with Crippen LogP contribution in [0.25, 0.3) is 0 Å². The van der Waals surface area contributed by atoms with Crippen LogP contribution in [-0.4, -0.2) is 38.1 Å². The van der Waals surface area contributed by atoms with Crippen LogP contribution in [0, 0.1) is 5.92 Å². The van der Waals surface area contributed by atoms with Crippen LogP contribution in [0.3, 0.4) is 0 Å². The van der Waals surface area contributed by atoms with E-state index in [4.69, 9.17) is 14.6 Å². The molecule has 0 aromatic heterocycles. The molecule has 0 aromatic rings. The van der Waals surface area contributed by atoms with Gasteiger partial charge in [0.15, 0.2) is 0 Å². The normalized spacial score (nSPS) is 12.6. The van der Waals surface area contributed by atoms with Gasteiger partial charge < -0.3 is 14.6 Å². The van der Waals surface area contributed by atoms with Gasteiger partial charge in [-0.3, -0.25) is 0 Å². The maximum Gasteiger partial charge on any atom is 0.103 e. The number of rotatable bonds is 8. The second-order valence-electron chi connectivity index (χ2n) is 3.65. The van der Waals surface area contributed by atoms with E-state index >= 15 is 0 Å². The summed E-state index contributed by atoms with van der Waals surface area (Å²) in [5, 5.41) is 8.77. The summed E-state index contributed by atoms with van der Waals surface area (Å²) in [6.45, 7) is 5.68. The molecule has 0 spiro atoms. The van der Waals surface area contributed by atoms with Gasteiger partial charge in [0, 0.05) is 46.4 Å². The van der Waals surface area contributed by atoms with Crippen LogP contribution in [0.4, 0.5) is 0 Å². The number of aliphatic hydroxyl groups is 1. The predicted molar refractivity (Wildman–Crippen MR) is 52.8 cm³/mol. The van der Waals surface area contributed by atoms with Gasteiger partial charge in [-0.05, 0) is 18.8 Å². The smallest absolute Gasteiger partial charge is 0.103 e. The predicted octanol–water partition coefficient (Wildman–Crippen LogP) is 1.44. The Hall–Kier alpha value is 0.984. The number of hydrogen-bond donors (Lipinski definition) is 1. The first-order chi connectivity index (χ1) is 6.20. The maximum atomic E-state index is 8.77. The zero-order chi connectivity index (χ0) is 10.1. The Kier molecular flexibility index (Phi) is 15.0. The standard InChI is InChI=1S/C10H22O3.Y/c1-9(2)5-4-6-13-8-10(7-11)12-3;/h9-11H,4-8H2,1-3H3;. The van der Waals surface area contributed by atoms with Gasteiger partial charge in [0.1, 0.15) is 6.10 Å². The largest absolute Gasteiger partial charge is 0.394 e. The third-order valence-corrected chi connectivity index (χ3v) is 1.91. The Morgan fingerprint density at radius 3 is 2.36 bits per heavy atom. The van der Waals surface area contributed by atoms with Crippen molar-refractivity contribution in [3.05, 3.63) is 0 Å². The summed E-state index contributed by atoms with van der Waals surface area (Å²) in [5.41, 5.74) is 0. The molecule has 0 bridgehead atoms. The van der Waals surface area contributed by atoms with E-state index in [-0.39, 0.29) is 45.4 Å². The number of ether oxygens (including phenoxy) is 2. The monoisotopic (exact) mass is 279 g/mol. The molecule has 0 aromatic carbocycles. The minimum Gasteiger partial charge on any atom is -0.394 e.